The molecule has 0 saturated heterocycles. The summed E-state index contributed by atoms with van der Waals surface area (Å²) < 4.78 is 68.2. The molecule has 0 aromatic heterocycles. The van der Waals surface area contributed by atoms with Crippen molar-refractivity contribution in [3.63, 3.8) is 0 Å². The van der Waals surface area contributed by atoms with Crippen LogP contribution in [0.5, 0.6) is 11.5 Å². The van der Waals surface area contributed by atoms with E-state index in [1.54, 1.807) is 0 Å². The maximum atomic E-state index is 11.8. The summed E-state index contributed by atoms with van der Waals surface area (Å²) in [7, 11) is 0. The zero-order valence-corrected chi connectivity index (χ0v) is 8.51. The van der Waals surface area contributed by atoms with Crippen LogP contribution in [0.2, 0.25) is 0 Å². The molecule has 0 aliphatic heterocycles. The Morgan fingerprint density at radius 1 is 1.06 bits per heavy atom. The van der Waals surface area contributed by atoms with Crippen LogP contribution >= 0.6 is 0 Å². The van der Waals surface area contributed by atoms with Gasteiger partial charge in [0, 0.05) is 6.07 Å². The second-order valence-electron chi connectivity index (χ2n) is 3.08. The van der Waals surface area contributed by atoms with E-state index < -0.39 is 25.8 Å². The Bertz CT molecular complexity index is 351. The standard InChI is InChI=1S/C10H9F5O2/c11-9(12)5-16-7-2-1-3-8(4-7)17-6-10(13,14)15/h1-4,9H,5-6H2. The van der Waals surface area contributed by atoms with Gasteiger partial charge >= 0.3 is 6.18 Å². The molecule has 0 N–H and O–H groups in total. The van der Waals surface area contributed by atoms with Crippen molar-refractivity contribution in [1.82, 2.24) is 0 Å². The SMILES string of the molecule is FC(F)COc1cccc(OCC(F)(F)F)c1. The zero-order valence-electron chi connectivity index (χ0n) is 8.51. The lowest BCUT2D eigenvalue weighted by atomic mass is 10.3. The topological polar surface area (TPSA) is 18.5 Å². The summed E-state index contributed by atoms with van der Waals surface area (Å²) >= 11 is 0. The fourth-order valence-electron chi connectivity index (χ4n) is 0.978. The summed E-state index contributed by atoms with van der Waals surface area (Å²) in [4.78, 5) is 0. The molecule has 2 nitrogen and oxygen atoms in total. The van der Waals surface area contributed by atoms with Gasteiger partial charge in [-0.3, -0.25) is 0 Å². The van der Waals surface area contributed by atoms with Gasteiger partial charge in [0.05, 0.1) is 0 Å². The first-order valence-electron chi connectivity index (χ1n) is 4.57. The fraction of sp³-hybridized carbons (Fsp3) is 0.400. The largest absolute Gasteiger partial charge is 0.488 e. The van der Waals surface area contributed by atoms with Crippen LogP contribution in [0.3, 0.4) is 0 Å². The predicted octanol–water partition coefficient (Wildman–Crippen LogP) is 3.27. The highest BCUT2D eigenvalue weighted by Gasteiger charge is 2.28. The Labute approximate surface area is 93.9 Å². The first kappa shape index (κ1) is 13.5. The van der Waals surface area contributed by atoms with Crippen LogP contribution in [0, 0.1) is 0 Å². The molecule has 1 aromatic rings. The van der Waals surface area contributed by atoms with Gasteiger partial charge in [0.2, 0.25) is 0 Å². The van der Waals surface area contributed by atoms with Crippen LogP contribution in [-0.4, -0.2) is 25.8 Å². The van der Waals surface area contributed by atoms with Crippen molar-refractivity contribution in [3.8, 4) is 11.5 Å². The molecule has 0 heterocycles. The van der Waals surface area contributed by atoms with Gasteiger partial charge in [-0.1, -0.05) is 6.07 Å². The van der Waals surface area contributed by atoms with E-state index in [9.17, 15) is 22.0 Å². The highest BCUT2D eigenvalue weighted by Crippen LogP contribution is 2.22. The smallest absolute Gasteiger partial charge is 0.422 e. The second-order valence-corrected chi connectivity index (χ2v) is 3.08. The molecule has 7 heteroatoms. The van der Waals surface area contributed by atoms with E-state index >= 15 is 0 Å². The molecule has 1 aromatic carbocycles. The van der Waals surface area contributed by atoms with Crippen LogP contribution in [-0.2, 0) is 0 Å². The first-order valence-corrected chi connectivity index (χ1v) is 4.57. The molecule has 0 saturated carbocycles. The maximum Gasteiger partial charge on any atom is 0.422 e. The lowest BCUT2D eigenvalue weighted by Crippen LogP contribution is -2.19. The van der Waals surface area contributed by atoms with Crippen LogP contribution in [0.1, 0.15) is 0 Å². The van der Waals surface area contributed by atoms with Crippen molar-refractivity contribution < 1.29 is 31.4 Å². The van der Waals surface area contributed by atoms with Gasteiger partial charge in [-0.05, 0) is 12.1 Å². The summed E-state index contributed by atoms with van der Waals surface area (Å²) in [6.07, 6.45) is -7.09. The monoisotopic (exact) mass is 256 g/mol. The van der Waals surface area contributed by atoms with Gasteiger partial charge in [0.1, 0.15) is 18.1 Å². The Morgan fingerprint density at radius 3 is 2.18 bits per heavy atom. The van der Waals surface area contributed by atoms with E-state index in [-0.39, 0.29) is 11.5 Å². The van der Waals surface area contributed by atoms with Gasteiger partial charge in [-0.2, -0.15) is 13.2 Å². The molecule has 0 aliphatic rings. The molecule has 0 aliphatic carbocycles. The van der Waals surface area contributed by atoms with E-state index in [2.05, 4.69) is 9.47 Å². The van der Waals surface area contributed by atoms with Gasteiger partial charge in [-0.25, -0.2) is 8.78 Å². The Morgan fingerprint density at radius 2 is 1.65 bits per heavy atom. The quantitative estimate of drug-likeness (QED) is 0.753. The molecule has 96 valence electrons. The first-order chi connectivity index (χ1) is 7.87. The van der Waals surface area contributed by atoms with E-state index in [0.29, 0.717) is 0 Å². The molecule has 0 fully saturated rings. The third-order valence-corrected chi connectivity index (χ3v) is 1.58. The third-order valence-electron chi connectivity index (χ3n) is 1.58. The van der Waals surface area contributed by atoms with E-state index in [0.717, 1.165) is 6.07 Å². The number of rotatable bonds is 5. The number of hydrogen-bond acceptors (Lipinski definition) is 2. The van der Waals surface area contributed by atoms with Crippen molar-refractivity contribution in [2.24, 2.45) is 0 Å². The van der Waals surface area contributed by atoms with Crippen LogP contribution in [0.15, 0.2) is 24.3 Å². The highest BCUT2D eigenvalue weighted by molar-refractivity contribution is 5.32. The van der Waals surface area contributed by atoms with E-state index in [4.69, 9.17) is 0 Å². The Kier molecular flexibility index (Phi) is 4.53. The lowest BCUT2D eigenvalue weighted by Gasteiger charge is -2.10. The van der Waals surface area contributed by atoms with Crippen molar-refractivity contribution in [2.45, 2.75) is 12.6 Å². The number of hydrogen-bond donors (Lipinski definition) is 0. The number of benzene rings is 1. The average Bonchev–Trinajstić information content (AvgIpc) is 2.23. The van der Waals surface area contributed by atoms with Crippen molar-refractivity contribution in [3.05, 3.63) is 24.3 Å². The minimum absolute atomic E-state index is 0.0324. The van der Waals surface area contributed by atoms with Gasteiger partial charge in [0.15, 0.2) is 6.61 Å². The third kappa shape index (κ3) is 5.94. The molecule has 17 heavy (non-hydrogen) atoms. The molecule has 0 amide bonds. The van der Waals surface area contributed by atoms with E-state index in [1.165, 1.54) is 18.2 Å². The normalized spacial score (nSPS) is 11.6. The van der Waals surface area contributed by atoms with E-state index in [1.807, 2.05) is 0 Å². The van der Waals surface area contributed by atoms with Gasteiger partial charge < -0.3 is 9.47 Å². The minimum Gasteiger partial charge on any atom is -0.488 e. The van der Waals surface area contributed by atoms with Crippen LogP contribution < -0.4 is 9.47 Å². The van der Waals surface area contributed by atoms with Crippen LogP contribution in [0.4, 0.5) is 22.0 Å². The van der Waals surface area contributed by atoms with Gasteiger partial charge in [0.25, 0.3) is 6.43 Å². The predicted molar refractivity (Wildman–Crippen MR) is 49.5 cm³/mol. The molecule has 0 radical (unpaired) electrons. The van der Waals surface area contributed by atoms with Crippen molar-refractivity contribution >= 4 is 0 Å². The molecule has 0 spiro atoms. The summed E-state index contributed by atoms with van der Waals surface area (Å²) in [5.74, 6) is -0.0564. The molecule has 0 atom stereocenters. The average molecular weight is 256 g/mol. The zero-order chi connectivity index (χ0) is 12.9. The molecule has 0 unspecified atom stereocenters. The Hall–Kier alpha value is -1.53. The maximum absolute atomic E-state index is 11.8. The van der Waals surface area contributed by atoms with Gasteiger partial charge in [-0.15, -0.1) is 0 Å². The fourth-order valence-corrected chi connectivity index (χ4v) is 0.978. The number of ether oxygens (including phenoxy) is 2. The van der Waals surface area contributed by atoms with Crippen LogP contribution in [0.25, 0.3) is 0 Å². The minimum atomic E-state index is -4.44. The Balaban J connectivity index is 2.54. The molecule has 0 bridgehead atoms. The summed E-state index contributed by atoms with van der Waals surface area (Å²) in [5, 5.41) is 0. The molecular weight excluding hydrogens is 247 g/mol. The lowest BCUT2D eigenvalue weighted by molar-refractivity contribution is -0.153. The summed E-state index contributed by atoms with van der Waals surface area (Å²) in [6.45, 7) is -2.26. The summed E-state index contributed by atoms with van der Waals surface area (Å²) in [5.41, 5.74) is 0. The van der Waals surface area contributed by atoms with Crippen molar-refractivity contribution in [2.75, 3.05) is 13.2 Å². The molecule has 1 rings (SSSR count). The number of alkyl halides is 5. The molecular formula is C10H9F5O2. The highest BCUT2D eigenvalue weighted by atomic mass is 19.4. The van der Waals surface area contributed by atoms with Crippen molar-refractivity contribution in [1.29, 1.82) is 0 Å². The number of halogens is 5. The second kappa shape index (κ2) is 5.70. The summed E-state index contributed by atoms with van der Waals surface area (Å²) in [6, 6.07) is 5.10.